The predicted molar refractivity (Wildman–Crippen MR) is 45.6 cm³/mol. The fraction of sp³-hybridized carbons (Fsp3) is 0.750. The molecule has 1 N–H and O–H groups in total. The van der Waals surface area contributed by atoms with Gasteiger partial charge in [0.05, 0.1) is 12.7 Å². The standard InChI is InChI=1S/C8H15NO3/c1-4-8(10)7(9-11)5-12-6(2)3/h6,11H,4-5H2,1-3H3/b9-7-. The Balaban J connectivity index is 3.94. The first-order valence-electron chi connectivity index (χ1n) is 3.97. The smallest absolute Gasteiger partial charge is 0.182 e. The summed E-state index contributed by atoms with van der Waals surface area (Å²) in [5, 5.41) is 11.3. The Morgan fingerprint density at radius 3 is 2.50 bits per heavy atom. The van der Waals surface area contributed by atoms with Crippen molar-refractivity contribution in [1.29, 1.82) is 0 Å². The molecule has 0 atom stereocenters. The van der Waals surface area contributed by atoms with Crippen LogP contribution in [0.1, 0.15) is 27.2 Å². The van der Waals surface area contributed by atoms with Gasteiger partial charge in [-0.05, 0) is 13.8 Å². The zero-order valence-electron chi connectivity index (χ0n) is 7.70. The number of nitrogens with zero attached hydrogens (tertiary/aromatic N) is 1. The molecule has 0 saturated heterocycles. The van der Waals surface area contributed by atoms with Crippen molar-refractivity contribution in [2.75, 3.05) is 6.61 Å². The van der Waals surface area contributed by atoms with Crippen molar-refractivity contribution in [3.63, 3.8) is 0 Å². The summed E-state index contributed by atoms with van der Waals surface area (Å²) in [5.74, 6) is -0.182. The van der Waals surface area contributed by atoms with Crippen LogP contribution < -0.4 is 0 Å². The highest BCUT2D eigenvalue weighted by atomic mass is 16.5. The van der Waals surface area contributed by atoms with E-state index in [0.29, 0.717) is 6.42 Å². The van der Waals surface area contributed by atoms with Crippen LogP contribution in [0.5, 0.6) is 0 Å². The van der Waals surface area contributed by atoms with Gasteiger partial charge in [-0.15, -0.1) is 0 Å². The molecule has 0 bridgehead atoms. The number of Topliss-reactive ketones (excluding diaryl/α,β-unsaturated/α-hetero) is 1. The van der Waals surface area contributed by atoms with Gasteiger partial charge in [-0.1, -0.05) is 12.1 Å². The molecule has 0 fully saturated rings. The van der Waals surface area contributed by atoms with Gasteiger partial charge in [0.1, 0.15) is 5.71 Å². The fourth-order valence-corrected chi connectivity index (χ4v) is 0.615. The SMILES string of the molecule is CCC(=O)/C(COC(C)C)=N\O. The van der Waals surface area contributed by atoms with Gasteiger partial charge < -0.3 is 9.94 Å². The highest BCUT2D eigenvalue weighted by Gasteiger charge is 2.10. The Morgan fingerprint density at radius 2 is 2.17 bits per heavy atom. The minimum Gasteiger partial charge on any atom is -0.410 e. The maximum absolute atomic E-state index is 11.0. The number of carbonyl (C=O) groups is 1. The molecule has 0 aromatic rings. The summed E-state index contributed by atoms with van der Waals surface area (Å²) in [7, 11) is 0. The summed E-state index contributed by atoms with van der Waals surface area (Å²) in [4.78, 5) is 11.0. The fourth-order valence-electron chi connectivity index (χ4n) is 0.615. The minimum absolute atomic E-state index is 0.0337. The van der Waals surface area contributed by atoms with Crippen molar-refractivity contribution in [2.45, 2.75) is 33.3 Å². The van der Waals surface area contributed by atoms with Crippen LogP contribution in [-0.4, -0.2) is 29.4 Å². The van der Waals surface area contributed by atoms with E-state index in [1.54, 1.807) is 6.92 Å². The predicted octanol–water partition coefficient (Wildman–Crippen LogP) is 1.22. The van der Waals surface area contributed by atoms with Crippen molar-refractivity contribution in [3.05, 3.63) is 0 Å². The molecule has 0 saturated carbocycles. The molecule has 0 aromatic heterocycles. The van der Waals surface area contributed by atoms with Gasteiger partial charge in [0.25, 0.3) is 0 Å². The zero-order chi connectivity index (χ0) is 9.56. The van der Waals surface area contributed by atoms with Gasteiger partial charge in [0.15, 0.2) is 5.78 Å². The van der Waals surface area contributed by atoms with E-state index in [1.165, 1.54) is 0 Å². The lowest BCUT2D eigenvalue weighted by Crippen LogP contribution is -2.21. The number of hydrogen-bond donors (Lipinski definition) is 1. The van der Waals surface area contributed by atoms with Gasteiger partial charge in [-0.3, -0.25) is 4.79 Å². The summed E-state index contributed by atoms with van der Waals surface area (Å²) >= 11 is 0. The second-order valence-electron chi connectivity index (χ2n) is 2.68. The third-order valence-electron chi connectivity index (χ3n) is 1.32. The molecule has 0 aromatic carbocycles. The summed E-state index contributed by atoms with van der Waals surface area (Å²) in [5.41, 5.74) is 0.0891. The molecule has 0 aliphatic rings. The third kappa shape index (κ3) is 4.08. The lowest BCUT2D eigenvalue weighted by atomic mass is 10.2. The van der Waals surface area contributed by atoms with Crippen LogP contribution >= 0.6 is 0 Å². The van der Waals surface area contributed by atoms with Crippen molar-refractivity contribution in [3.8, 4) is 0 Å². The van der Waals surface area contributed by atoms with Crippen molar-refractivity contribution >= 4 is 11.5 Å². The number of ketones is 1. The first-order chi connectivity index (χ1) is 5.61. The third-order valence-corrected chi connectivity index (χ3v) is 1.32. The molecular formula is C8H15NO3. The van der Waals surface area contributed by atoms with Crippen molar-refractivity contribution < 1.29 is 14.7 Å². The Labute approximate surface area is 72.2 Å². The monoisotopic (exact) mass is 173 g/mol. The maximum atomic E-state index is 11.0. The number of rotatable bonds is 5. The topological polar surface area (TPSA) is 58.9 Å². The normalized spacial score (nSPS) is 12.2. The molecule has 0 radical (unpaired) electrons. The molecule has 70 valence electrons. The lowest BCUT2D eigenvalue weighted by molar-refractivity contribution is -0.113. The van der Waals surface area contributed by atoms with Gasteiger partial charge in [0.2, 0.25) is 0 Å². The first kappa shape index (κ1) is 11.1. The van der Waals surface area contributed by atoms with E-state index in [4.69, 9.17) is 9.94 Å². The van der Waals surface area contributed by atoms with Crippen molar-refractivity contribution in [2.24, 2.45) is 5.16 Å². The number of oxime groups is 1. The Kier molecular flexibility index (Phi) is 5.28. The maximum Gasteiger partial charge on any atom is 0.182 e. The van der Waals surface area contributed by atoms with E-state index < -0.39 is 0 Å². The first-order valence-corrected chi connectivity index (χ1v) is 3.97. The Bertz CT molecular complexity index is 175. The summed E-state index contributed by atoms with van der Waals surface area (Å²) in [6.45, 7) is 5.50. The van der Waals surface area contributed by atoms with Crippen LogP contribution in [-0.2, 0) is 9.53 Å². The largest absolute Gasteiger partial charge is 0.410 e. The molecule has 0 unspecified atom stereocenters. The van der Waals surface area contributed by atoms with E-state index in [-0.39, 0.29) is 24.2 Å². The molecular weight excluding hydrogens is 158 g/mol. The minimum atomic E-state index is -0.182. The van der Waals surface area contributed by atoms with E-state index in [1.807, 2.05) is 13.8 Å². The summed E-state index contributed by atoms with van der Waals surface area (Å²) < 4.78 is 5.11. The van der Waals surface area contributed by atoms with Crippen LogP contribution in [0.4, 0.5) is 0 Å². The highest BCUT2D eigenvalue weighted by molar-refractivity contribution is 6.40. The van der Waals surface area contributed by atoms with Gasteiger partial charge >= 0.3 is 0 Å². The molecule has 0 aliphatic carbocycles. The van der Waals surface area contributed by atoms with Crippen LogP contribution in [0.25, 0.3) is 0 Å². The van der Waals surface area contributed by atoms with Crippen molar-refractivity contribution in [1.82, 2.24) is 0 Å². The quantitative estimate of drug-likeness (QED) is 0.386. The molecule has 0 rings (SSSR count). The van der Waals surface area contributed by atoms with Crippen LogP contribution in [0.2, 0.25) is 0 Å². The Hall–Kier alpha value is -0.900. The van der Waals surface area contributed by atoms with E-state index >= 15 is 0 Å². The molecule has 0 heterocycles. The van der Waals surface area contributed by atoms with Crippen LogP contribution in [0.3, 0.4) is 0 Å². The van der Waals surface area contributed by atoms with Gasteiger partial charge in [0, 0.05) is 6.42 Å². The molecule has 12 heavy (non-hydrogen) atoms. The summed E-state index contributed by atoms with van der Waals surface area (Å²) in [6.07, 6.45) is 0.368. The Morgan fingerprint density at radius 1 is 1.58 bits per heavy atom. The number of hydrogen-bond acceptors (Lipinski definition) is 4. The van der Waals surface area contributed by atoms with Gasteiger partial charge in [-0.2, -0.15) is 0 Å². The van der Waals surface area contributed by atoms with E-state index in [9.17, 15) is 4.79 Å². The molecule has 0 amide bonds. The molecule has 0 aliphatic heterocycles. The molecule has 4 heteroatoms. The number of ether oxygens (including phenoxy) is 1. The number of carbonyl (C=O) groups excluding carboxylic acids is 1. The van der Waals surface area contributed by atoms with Gasteiger partial charge in [-0.25, -0.2) is 0 Å². The lowest BCUT2D eigenvalue weighted by Gasteiger charge is -2.06. The zero-order valence-corrected chi connectivity index (χ0v) is 7.70. The second kappa shape index (κ2) is 5.71. The average molecular weight is 173 g/mol. The van der Waals surface area contributed by atoms with Crippen LogP contribution in [0, 0.1) is 0 Å². The van der Waals surface area contributed by atoms with E-state index in [0.717, 1.165) is 0 Å². The van der Waals surface area contributed by atoms with E-state index in [2.05, 4.69) is 5.16 Å². The summed E-state index contributed by atoms with van der Waals surface area (Å²) in [6, 6.07) is 0. The van der Waals surface area contributed by atoms with Crippen LogP contribution in [0.15, 0.2) is 5.16 Å². The average Bonchev–Trinajstić information content (AvgIpc) is 2.04. The second-order valence-corrected chi connectivity index (χ2v) is 2.68. The molecule has 4 nitrogen and oxygen atoms in total. The highest BCUT2D eigenvalue weighted by Crippen LogP contribution is 1.92. The molecule has 0 spiro atoms.